The van der Waals surface area contributed by atoms with Gasteiger partial charge < -0.3 is 15.2 Å². The van der Waals surface area contributed by atoms with E-state index in [1.54, 1.807) is 11.8 Å². The highest BCUT2D eigenvalue weighted by Gasteiger charge is 2.31. The Morgan fingerprint density at radius 1 is 1.50 bits per heavy atom. The van der Waals surface area contributed by atoms with Crippen LogP contribution in [0, 0.1) is 17.2 Å². The van der Waals surface area contributed by atoms with Crippen molar-refractivity contribution in [3.8, 4) is 6.07 Å². The van der Waals surface area contributed by atoms with Crippen molar-refractivity contribution in [1.29, 1.82) is 5.26 Å². The molecule has 0 aliphatic heterocycles. The Bertz CT molecular complexity index is 251. The van der Waals surface area contributed by atoms with Crippen molar-refractivity contribution in [3.63, 3.8) is 0 Å². The zero-order valence-corrected chi connectivity index (χ0v) is 10.6. The summed E-state index contributed by atoms with van der Waals surface area (Å²) >= 11 is 1.61. The van der Waals surface area contributed by atoms with Crippen LogP contribution >= 0.6 is 11.8 Å². The van der Waals surface area contributed by atoms with E-state index in [4.69, 9.17) is 20.5 Å². The standard InChI is InChI=1S/C10H18N2O3S/c1-14-10(15-2)7(6-11)9(13)8(12)4-5-16-3/h7-8,10H,4-5,12H2,1-3H3/t7?,8-/m0/s1. The highest BCUT2D eigenvalue weighted by Crippen LogP contribution is 2.12. The number of nitriles is 1. The van der Waals surface area contributed by atoms with Crippen molar-refractivity contribution >= 4 is 17.5 Å². The predicted octanol–water partition coefficient (Wildman–Crippen LogP) is 0.395. The first-order valence-corrected chi connectivity index (χ1v) is 6.25. The average molecular weight is 246 g/mol. The average Bonchev–Trinajstić information content (AvgIpc) is 2.31. The van der Waals surface area contributed by atoms with E-state index in [9.17, 15) is 4.79 Å². The van der Waals surface area contributed by atoms with E-state index in [1.165, 1.54) is 14.2 Å². The van der Waals surface area contributed by atoms with E-state index in [0.717, 1.165) is 5.75 Å². The van der Waals surface area contributed by atoms with Crippen molar-refractivity contribution in [1.82, 2.24) is 0 Å². The third-order valence-corrected chi connectivity index (χ3v) is 2.82. The molecular weight excluding hydrogens is 228 g/mol. The minimum atomic E-state index is -0.966. The second-order valence-corrected chi connectivity index (χ2v) is 4.22. The van der Waals surface area contributed by atoms with Crippen LogP contribution in [-0.4, -0.2) is 44.3 Å². The van der Waals surface area contributed by atoms with Gasteiger partial charge in [0.05, 0.1) is 12.1 Å². The summed E-state index contributed by atoms with van der Waals surface area (Å²) < 4.78 is 9.80. The van der Waals surface area contributed by atoms with Crippen LogP contribution in [0.25, 0.3) is 0 Å². The highest BCUT2D eigenvalue weighted by molar-refractivity contribution is 7.98. The van der Waals surface area contributed by atoms with Crippen LogP contribution in [0.3, 0.4) is 0 Å². The third-order valence-electron chi connectivity index (χ3n) is 2.18. The summed E-state index contributed by atoms with van der Waals surface area (Å²) in [6.07, 6.45) is 1.64. The molecule has 0 heterocycles. The minimum Gasteiger partial charge on any atom is -0.354 e. The van der Waals surface area contributed by atoms with Gasteiger partial charge in [-0.2, -0.15) is 17.0 Å². The second-order valence-electron chi connectivity index (χ2n) is 3.24. The summed E-state index contributed by atoms with van der Waals surface area (Å²) in [4.78, 5) is 11.8. The molecule has 0 saturated carbocycles. The maximum Gasteiger partial charge on any atom is 0.179 e. The fraction of sp³-hybridized carbons (Fsp3) is 0.800. The molecule has 6 heteroatoms. The Labute approximate surface area is 100 Å². The lowest BCUT2D eigenvalue weighted by Gasteiger charge is -2.20. The number of carbonyl (C=O) groups is 1. The monoisotopic (exact) mass is 246 g/mol. The topological polar surface area (TPSA) is 85.3 Å². The van der Waals surface area contributed by atoms with Crippen LogP contribution in [-0.2, 0) is 14.3 Å². The molecule has 0 aromatic carbocycles. The molecule has 1 unspecified atom stereocenters. The SMILES string of the molecule is COC(OC)C(C#N)C(=O)[C@@H](N)CCSC. The maximum absolute atomic E-state index is 11.8. The summed E-state index contributed by atoms with van der Waals surface area (Å²) in [5.41, 5.74) is 5.70. The van der Waals surface area contributed by atoms with Gasteiger partial charge >= 0.3 is 0 Å². The molecule has 16 heavy (non-hydrogen) atoms. The minimum absolute atomic E-state index is 0.328. The molecule has 0 amide bonds. The smallest absolute Gasteiger partial charge is 0.179 e. The molecule has 5 nitrogen and oxygen atoms in total. The zero-order valence-electron chi connectivity index (χ0n) is 9.80. The zero-order chi connectivity index (χ0) is 12.6. The number of hydrogen-bond donors (Lipinski definition) is 1. The third kappa shape index (κ3) is 4.49. The molecule has 2 N–H and O–H groups in total. The number of carbonyl (C=O) groups excluding carboxylic acids is 1. The first-order valence-electron chi connectivity index (χ1n) is 4.85. The normalized spacial score (nSPS) is 14.5. The van der Waals surface area contributed by atoms with Gasteiger partial charge in [0.1, 0.15) is 0 Å². The Morgan fingerprint density at radius 2 is 2.06 bits per heavy atom. The maximum atomic E-state index is 11.8. The molecule has 0 saturated heterocycles. The summed E-state index contributed by atoms with van der Waals surface area (Å²) in [6.45, 7) is 0. The van der Waals surface area contributed by atoms with E-state index in [0.29, 0.717) is 6.42 Å². The fourth-order valence-corrected chi connectivity index (χ4v) is 1.73. The summed E-state index contributed by atoms with van der Waals surface area (Å²) in [6, 6.07) is 1.24. The quantitative estimate of drug-likeness (QED) is 0.624. The number of rotatable bonds is 8. The van der Waals surface area contributed by atoms with Crippen molar-refractivity contribution in [2.24, 2.45) is 11.7 Å². The van der Waals surface area contributed by atoms with Gasteiger partial charge in [-0.05, 0) is 18.4 Å². The van der Waals surface area contributed by atoms with Gasteiger partial charge in [-0.25, -0.2) is 0 Å². The number of thioether (sulfide) groups is 1. The van der Waals surface area contributed by atoms with Crippen LogP contribution < -0.4 is 5.73 Å². The first kappa shape index (κ1) is 15.4. The Hall–Kier alpha value is -0.610. The molecule has 0 aliphatic rings. The van der Waals surface area contributed by atoms with Gasteiger partial charge in [0.15, 0.2) is 18.0 Å². The molecule has 0 radical (unpaired) electrons. The Morgan fingerprint density at radius 3 is 2.44 bits per heavy atom. The second kappa shape index (κ2) is 8.53. The predicted molar refractivity (Wildman–Crippen MR) is 62.9 cm³/mol. The number of ketones is 1. The van der Waals surface area contributed by atoms with E-state index in [2.05, 4.69) is 0 Å². The van der Waals surface area contributed by atoms with Gasteiger partial charge in [0.25, 0.3) is 0 Å². The fourth-order valence-electron chi connectivity index (χ4n) is 1.24. The molecule has 92 valence electrons. The molecule has 0 aromatic rings. The van der Waals surface area contributed by atoms with Crippen molar-refractivity contribution < 1.29 is 14.3 Å². The molecular formula is C10H18N2O3S. The van der Waals surface area contributed by atoms with Gasteiger partial charge in [-0.1, -0.05) is 0 Å². The van der Waals surface area contributed by atoms with Crippen LogP contribution in [0.2, 0.25) is 0 Å². The van der Waals surface area contributed by atoms with E-state index < -0.39 is 18.2 Å². The Kier molecular flexibility index (Phi) is 8.21. The van der Waals surface area contributed by atoms with Crippen molar-refractivity contribution in [2.45, 2.75) is 18.8 Å². The van der Waals surface area contributed by atoms with E-state index >= 15 is 0 Å². The van der Waals surface area contributed by atoms with Crippen molar-refractivity contribution in [2.75, 3.05) is 26.2 Å². The van der Waals surface area contributed by atoms with Crippen LogP contribution in [0.5, 0.6) is 0 Å². The molecule has 0 aliphatic carbocycles. The van der Waals surface area contributed by atoms with Gasteiger partial charge in [-0.15, -0.1) is 0 Å². The number of Topliss-reactive ketones (excluding diaryl/α,β-unsaturated/α-hetero) is 1. The molecule has 0 rings (SSSR count). The lowest BCUT2D eigenvalue weighted by molar-refractivity contribution is -0.149. The van der Waals surface area contributed by atoms with Gasteiger partial charge in [0.2, 0.25) is 0 Å². The number of methoxy groups -OCH3 is 2. The summed E-state index contributed by atoms with van der Waals surface area (Å²) in [5.74, 6) is -0.507. The lowest BCUT2D eigenvalue weighted by atomic mass is 9.97. The molecule has 0 spiro atoms. The highest BCUT2D eigenvalue weighted by atomic mass is 32.2. The largest absolute Gasteiger partial charge is 0.354 e. The van der Waals surface area contributed by atoms with Crippen LogP contribution in [0.15, 0.2) is 0 Å². The number of nitrogens with zero attached hydrogens (tertiary/aromatic N) is 1. The molecule has 2 atom stereocenters. The molecule has 0 bridgehead atoms. The lowest BCUT2D eigenvalue weighted by Crippen LogP contribution is -2.41. The summed E-state index contributed by atoms with van der Waals surface area (Å²) in [5, 5.41) is 8.91. The van der Waals surface area contributed by atoms with Crippen molar-refractivity contribution in [3.05, 3.63) is 0 Å². The number of ether oxygens (including phenoxy) is 2. The first-order chi connectivity index (χ1) is 7.62. The van der Waals surface area contributed by atoms with Crippen LogP contribution in [0.4, 0.5) is 0 Å². The van der Waals surface area contributed by atoms with Gasteiger partial charge in [0, 0.05) is 14.2 Å². The number of hydrogen-bond acceptors (Lipinski definition) is 6. The summed E-state index contributed by atoms with van der Waals surface area (Å²) in [7, 11) is 2.78. The molecule has 0 fully saturated rings. The van der Waals surface area contributed by atoms with E-state index in [1.807, 2.05) is 12.3 Å². The van der Waals surface area contributed by atoms with Crippen LogP contribution in [0.1, 0.15) is 6.42 Å². The van der Waals surface area contributed by atoms with E-state index in [-0.39, 0.29) is 5.78 Å². The van der Waals surface area contributed by atoms with Gasteiger partial charge in [-0.3, -0.25) is 4.79 Å². The number of nitrogens with two attached hydrogens (primary N) is 1. The molecule has 0 aromatic heterocycles. The Balaban J connectivity index is 4.47.